The van der Waals surface area contributed by atoms with Crippen LogP contribution in [0.3, 0.4) is 0 Å². The molecule has 1 aliphatic heterocycles. The van der Waals surface area contributed by atoms with Gasteiger partial charge < -0.3 is 4.90 Å². The quantitative estimate of drug-likeness (QED) is 0.847. The smallest absolute Gasteiger partial charge is 0.130 e. The minimum atomic E-state index is -0.522. The number of halogens is 2. The Balaban J connectivity index is 1.63. The molecule has 3 rings (SSSR count). The molecule has 0 amide bonds. The summed E-state index contributed by atoms with van der Waals surface area (Å²) in [7, 11) is 0. The van der Waals surface area contributed by atoms with Gasteiger partial charge in [-0.2, -0.15) is 0 Å². The van der Waals surface area contributed by atoms with Crippen LogP contribution in [0, 0.1) is 25.5 Å². The normalized spacial score (nSPS) is 15.9. The van der Waals surface area contributed by atoms with Gasteiger partial charge in [-0.1, -0.05) is 18.2 Å². The number of aryl methyl sites for hydroxylation is 1. The highest BCUT2D eigenvalue weighted by Gasteiger charge is 2.19. The highest BCUT2D eigenvalue weighted by Crippen LogP contribution is 2.24. The lowest BCUT2D eigenvalue weighted by Gasteiger charge is -2.37. The van der Waals surface area contributed by atoms with Gasteiger partial charge in [-0.05, 0) is 37.1 Å². The van der Waals surface area contributed by atoms with E-state index >= 15 is 0 Å². The minimum absolute atomic E-state index is 0.457. The molecular weight excluding hydrogens is 294 g/mol. The van der Waals surface area contributed by atoms with Crippen molar-refractivity contribution in [3.8, 4) is 0 Å². The fraction of sp³-hybridized carbons (Fsp3) is 0.368. The van der Waals surface area contributed by atoms with Gasteiger partial charge in [0.25, 0.3) is 0 Å². The Labute approximate surface area is 136 Å². The van der Waals surface area contributed by atoms with Crippen LogP contribution in [0.4, 0.5) is 14.5 Å². The van der Waals surface area contributed by atoms with Gasteiger partial charge in [0, 0.05) is 50.0 Å². The van der Waals surface area contributed by atoms with Crippen LogP contribution in [-0.4, -0.2) is 31.1 Å². The molecule has 0 spiro atoms. The SMILES string of the molecule is Cc1cccc(N2CCN(Cc3ccc(F)cc3F)CC2)c1C. The maximum absolute atomic E-state index is 13.8. The topological polar surface area (TPSA) is 6.48 Å². The Kier molecular flexibility index (Phi) is 4.62. The van der Waals surface area contributed by atoms with Crippen LogP contribution >= 0.6 is 0 Å². The number of rotatable bonds is 3. The van der Waals surface area contributed by atoms with Crippen molar-refractivity contribution in [2.45, 2.75) is 20.4 Å². The van der Waals surface area contributed by atoms with Crippen molar-refractivity contribution >= 4 is 5.69 Å². The van der Waals surface area contributed by atoms with E-state index in [1.165, 1.54) is 22.9 Å². The lowest BCUT2D eigenvalue weighted by Crippen LogP contribution is -2.46. The number of nitrogens with zero attached hydrogens (tertiary/aromatic N) is 2. The first-order chi connectivity index (χ1) is 11.0. The molecule has 0 saturated carbocycles. The fourth-order valence-corrected chi connectivity index (χ4v) is 3.12. The molecule has 1 heterocycles. The Bertz CT molecular complexity index is 692. The molecule has 0 unspecified atom stereocenters. The zero-order valence-electron chi connectivity index (χ0n) is 13.6. The minimum Gasteiger partial charge on any atom is -0.369 e. The third kappa shape index (κ3) is 3.53. The summed E-state index contributed by atoms with van der Waals surface area (Å²) in [6, 6.07) is 10.2. The number of anilines is 1. The summed E-state index contributed by atoms with van der Waals surface area (Å²) in [6.07, 6.45) is 0. The van der Waals surface area contributed by atoms with E-state index in [1.54, 1.807) is 6.07 Å². The van der Waals surface area contributed by atoms with Crippen LogP contribution in [0.5, 0.6) is 0 Å². The first-order valence-corrected chi connectivity index (χ1v) is 8.02. The first kappa shape index (κ1) is 15.9. The molecule has 4 heteroatoms. The van der Waals surface area contributed by atoms with E-state index < -0.39 is 11.6 Å². The van der Waals surface area contributed by atoms with Crippen molar-refractivity contribution in [1.82, 2.24) is 4.90 Å². The molecule has 0 bridgehead atoms. The van der Waals surface area contributed by atoms with E-state index in [0.717, 1.165) is 32.2 Å². The predicted octanol–water partition coefficient (Wildman–Crippen LogP) is 3.90. The Morgan fingerprint density at radius 3 is 2.39 bits per heavy atom. The molecule has 2 nitrogen and oxygen atoms in total. The van der Waals surface area contributed by atoms with E-state index in [9.17, 15) is 8.78 Å². The molecule has 1 saturated heterocycles. The third-order valence-electron chi connectivity index (χ3n) is 4.70. The third-order valence-corrected chi connectivity index (χ3v) is 4.70. The van der Waals surface area contributed by atoms with Crippen molar-refractivity contribution in [2.24, 2.45) is 0 Å². The lowest BCUT2D eigenvalue weighted by molar-refractivity contribution is 0.246. The predicted molar refractivity (Wildman–Crippen MR) is 89.8 cm³/mol. The zero-order chi connectivity index (χ0) is 16.4. The standard InChI is InChI=1S/C19H22F2N2/c1-14-4-3-5-19(15(14)2)23-10-8-22(9-11-23)13-16-6-7-17(20)12-18(16)21/h3-7,12H,8-11,13H2,1-2H3. The molecule has 0 aromatic heterocycles. The molecule has 2 aromatic carbocycles. The fourth-order valence-electron chi connectivity index (χ4n) is 3.12. The number of piperazine rings is 1. The molecule has 23 heavy (non-hydrogen) atoms. The van der Waals surface area contributed by atoms with Crippen molar-refractivity contribution < 1.29 is 8.78 Å². The summed E-state index contributed by atoms with van der Waals surface area (Å²) in [5, 5.41) is 0. The van der Waals surface area contributed by atoms with Crippen LogP contribution in [0.15, 0.2) is 36.4 Å². The van der Waals surface area contributed by atoms with E-state index in [4.69, 9.17) is 0 Å². The highest BCUT2D eigenvalue weighted by atomic mass is 19.1. The Hall–Kier alpha value is -1.94. The molecule has 0 radical (unpaired) electrons. The van der Waals surface area contributed by atoms with Crippen molar-refractivity contribution in [2.75, 3.05) is 31.1 Å². The molecule has 0 aliphatic carbocycles. The van der Waals surface area contributed by atoms with E-state index in [-0.39, 0.29) is 0 Å². The summed E-state index contributed by atoms with van der Waals surface area (Å²) in [6.45, 7) is 8.43. The van der Waals surface area contributed by atoms with Gasteiger partial charge in [0.15, 0.2) is 0 Å². The summed E-state index contributed by atoms with van der Waals surface area (Å²) < 4.78 is 26.7. The summed E-state index contributed by atoms with van der Waals surface area (Å²) in [5.41, 5.74) is 4.48. The van der Waals surface area contributed by atoms with E-state index in [1.807, 2.05) is 0 Å². The first-order valence-electron chi connectivity index (χ1n) is 8.02. The number of hydrogen-bond donors (Lipinski definition) is 0. The van der Waals surface area contributed by atoms with Gasteiger partial charge in [-0.25, -0.2) is 8.78 Å². The van der Waals surface area contributed by atoms with Gasteiger partial charge >= 0.3 is 0 Å². The van der Waals surface area contributed by atoms with Crippen molar-refractivity contribution in [3.05, 3.63) is 64.7 Å². The molecular formula is C19H22F2N2. The second-order valence-corrected chi connectivity index (χ2v) is 6.22. The van der Waals surface area contributed by atoms with Gasteiger partial charge in [0.2, 0.25) is 0 Å². The Morgan fingerprint density at radius 2 is 1.70 bits per heavy atom. The van der Waals surface area contributed by atoms with Crippen LogP contribution in [0.2, 0.25) is 0 Å². The molecule has 1 fully saturated rings. The number of hydrogen-bond acceptors (Lipinski definition) is 2. The molecule has 2 aromatic rings. The Morgan fingerprint density at radius 1 is 0.957 bits per heavy atom. The van der Waals surface area contributed by atoms with Gasteiger partial charge in [-0.3, -0.25) is 4.90 Å². The molecule has 0 atom stereocenters. The van der Waals surface area contributed by atoms with Crippen molar-refractivity contribution in [3.63, 3.8) is 0 Å². The number of benzene rings is 2. The largest absolute Gasteiger partial charge is 0.369 e. The van der Waals surface area contributed by atoms with Gasteiger partial charge in [0.05, 0.1) is 0 Å². The average Bonchev–Trinajstić information content (AvgIpc) is 2.54. The maximum Gasteiger partial charge on any atom is 0.130 e. The monoisotopic (exact) mass is 316 g/mol. The van der Waals surface area contributed by atoms with Crippen LogP contribution < -0.4 is 4.90 Å². The summed E-state index contributed by atoms with van der Waals surface area (Å²) >= 11 is 0. The maximum atomic E-state index is 13.8. The van der Waals surface area contributed by atoms with Gasteiger partial charge in [0.1, 0.15) is 11.6 Å². The van der Waals surface area contributed by atoms with Crippen LogP contribution in [0.25, 0.3) is 0 Å². The summed E-state index contributed by atoms with van der Waals surface area (Å²) in [4.78, 5) is 4.61. The highest BCUT2D eigenvalue weighted by molar-refractivity contribution is 5.56. The van der Waals surface area contributed by atoms with Crippen molar-refractivity contribution in [1.29, 1.82) is 0 Å². The lowest BCUT2D eigenvalue weighted by atomic mass is 10.1. The molecule has 1 aliphatic rings. The molecule has 122 valence electrons. The summed E-state index contributed by atoms with van der Waals surface area (Å²) in [5.74, 6) is -0.979. The molecule has 0 N–H and O–H groups in total. The average molecular weight is 316 g/mol. The van der Waals surface area contributed by atoms with Gasteiger partial charge in [-0.15, -0.1) is 0 Å². The van der Waals surface area contributed by atoms with E-state index in [2.05, 4.69) is 41.8 Å². The second-order valence-electron chi connectivity index (χ2n) is 6.22. The zero-order valence-corrected chi connectivity index (χ0v) is 13.6. The van der Waals surface area contributed by atoms with Crippen LogP contribution in [0.1, 0.15) is 16.7 Å². The van der Waals surface area contributed by atoms with Crippen LogP contribution in [-0.2, 0) is 6.54 Å². The second kappa shape index (κ2) is 6.67. The van der Waals surface area contributed by atoms with E-state index in [0.29, 0.717) is 12.1 Å².